The Bertz CT molecular complexity index is 856. The molecule has 0 aliphatic heterocycles. The smallest absolute Gasteiger partial charge is 0.258 e. The molecule has 0 aliphatic rings. The average molecular weight is 321 g/mol. The van der Waals surface area contributed by atoms with Crippen LogP contribution in [0, 0.1) is 13.8 Å². The number of aliphatic hydroxyl groups excluding tert-OH is 1. The molecule has 0 bridgehead atoms. The molecule has 0 fully saturated rings. The lowest BCUT2D eigenvalue weighted by atomic mass is 10.1. The van der Waals surface area contributed by atoms with Gasteiger partial charge in [-0.15, -0.1) is 0 Å². The van der Waals surface area contributed by atoms with E-state index >= 15 is 0 Å². The van der Waals surface area contributed by atoms with Crippen molar-refractivity contribution in [3.8, 4) is 5.69 Å². The third kappa shape index (κ3) is 3.21. The second-order valence-electron chi connectivity index (χ2n) is 5.67. The molecule has 0 aliphatic carbocycles. The molecule has 24 heavy (non-hydrogen) atoms. The molecule has 2 N–H and O–H groups in total. The number of anilines is 1. The summed E-state index contributed by atoms with van der Waals surface area (Å²) < 4.78 is 1.68. The Morgan fingerprint density at radius 1 is 1.08 bits per heavy atom. The number of carbonyl (C=O) groups is 1. The number of para-hydroxylation sites is 1. The van der Waals surface area contributed by atoms with Crippen LogP contribution in [-0.2, 0) is 4.79 Å². The first-order valence-electron chi connectivity index (χ1n) is 7.73. The summed E-state index contributed by atoms with van der Waals surface area (Å²) in [4.78, 5) is 12.4. The number of aromatic nitrogens is 2. The van der Waals surface area contributed by atoms with Gasteiger partial charge in [-0.2, -0.15) is 5.10 Å². The molecule has 5 heteroatoms. The molecule has 0 radical (unpaired) electrons. The van der Waals surface area contributed by atoms with Crippen LogP contribution in [0.25, 0.3) is 5.69 Å². The molecule has 5 nitrogen and oxygen atoms in total. The summed E-state index contributed by atoms with van der Waals surface area (Å²) in [6.07, 6.45) is -1.23. The van der Waals surface area contributed by atoms with Crippen LogP contribution >= 0.6 is 0 Å². The van der Waals surface area contributed by atoms with Crippen LogP contribution in [-0.4, -0.2) is 20.8 Å². The fourth-order valence-electron chi connectivity index (χ4n) is 2.55. The zero-order valence-corrected chi connectivity index (χ0v) is 13.6. The maximum atomic E-state index is 12.4. The molecular weight excluding hydrogens is 302 g/mol. The van der Waals surface area contributed by atoms with E-state index < -0.39 is 12.0 Å². The number of hydrogen-bond donors (Lipinski definition) is 2. The van der Waals surface area contributed by atoms with Crippen molar-refractivity contribution >= 4 is 11.7 Å². The first kappa shape index (κ1) is 16.0. The Balaban J connectivity index is 1.89. The van der Waals surface area contributed by atoms with Crippen molar-refractivity contribution in [2.45, 2.75) is 20.0 Å². The van der Waals surface area contributed by atoms with Gasteiger partial charge in [0.25, 0.3) is 5.91 Å². The van der Waals surface area contributed by atoms with Crippen molar-refractivity contribution in [3.63, 3.8) is 0 Å². The number of rotatable bonds is 4. The second-order valence-corrected chi connectivity index (χ2v) is 5.67. The lowest BCUT2D eigenvalue weighted by Gasteiger charge is -2.14. The lowest BCUT2D eigenvalue weighted by molar-refractivity contribution is -0.124. The quantitative estimate of drug-likeness (QED) is 0.775. The van der Waals surface area contributed by atoms with E-state index in [0.29, 0.717) is 11.4 Å². The van der Waals surface area contributed by atoms with Crippen LogP contribution in [0.2, 0.25) is 0 Å². The van der Waals surface area contributed by atoms with Crippen LogP contribution in [0.1, 0.15) is 22.9 Å². The number of amides is 1. The van der Waals surface area contributed by atoms with Crippen molar-refractivity contribution in [3.05, 3.63) is 77.5 Å². The molecular formula is C19H19N3O2. The van der Waals surface area contributed by atoms with E-state index in [4.69, 9.17) is 0 Å². The van der Waals surface area contributed by atoms with Crippen LogP contribution in [0.3, 0.4) is 0 Å². The Hall–Kier alpha value is -2.92. The minimum Gasteiger partial charge on any atom is -0.378 e. The zero-order valence-electron chi connectivity index (χ0n) is 13.6. The van der Waals surface area contributed by atoms with Crippen molar-refractivity contribution in [1.29, 1.82) is 0 Å². The number of nitrogens with zero attached hydrogens (tertiary/aromatic N) is 2. The highest BCUT2D eigenvalue weighted by atomic mass is 16.3. The Morgan fingerprint density at radius 3 is 2.46 bits per heavy atom. The van der Waals surface area contributed by atoms with E-state index in [1.807, 2.05) is 44.2 Å². The molecule has 3 rings (SSSR count). The highest BCUT2D eigenvalue weighted by molar-refractivity contribution is 5.94. The van der Waals surface area contributed by atoms with Crippen molar-refractivity contribution < 1.29 is 9.90 Å². The van der Waals surface area contributed by atoms with E-state index in [9.17, 15) is 9.90 Å². The standard InChI is InChI=1S/C19H19N3O2/c1-13-8-6-7-11-16(13)22-17(12-14(2)21-22)20-19(24)18(23)15-9-4-3-5-10-15/h3-12,18,23H,1-2H3,(H,20,24). The van der Waals surface area contributed by atoms with Gasteiger partial charge in [-0.1, -0.05) is 48.5 Å². The van der Waals surface area contributed by atoms with E-state index in [1.165, 1.54) is 0 Å². The van der Waals surface area contributed by atoms with Gasteiger partial charge in [0.1, 0.15) is 5.82 Å². The minimum atomic E-state index is -1.23. The maximum Gasteiger partial charge on any atom is 0.258 e. The van der Waals surface area contributed by atoms with Crippen molar-refractivity contribution in [2.24, 2.45) is 0 Å². The van der Waals surface area contributed by atoms with Crippen LogP contribution in [0.5, 0.6) is 0 Å². The summed E-state index contributed by atoms with van der Waals surface area (Å²) in [6.45, 7) is 3.84. The molecule has 1 amide bonds. The van der Waals surface area contributed by atoms with Gasteiger partial charge in [-0.3, -0.25) is 4.79 Å². The van der Waals surface area contributed by atoms with Gasteiger partial charge in [-0.05, 0) is 31.0 Å². The fraction of sp³-hybridized carbons (Fsp3) is 0.158. The number of aliphatic hydroxyl groups is 1. The molecule has 1 unspecified atom stereocenters. The third-order valence-corrected chi connectivity index (χ3v) is 3.79. The topological polar surface area (TPSA) is 67.2 Å². The Labute approximate surface area is 140 Å². The van der Waals surface area contributed by atoms with Crippen LogP contribution < -0.4 is 5.32 Å². The van der Waals surface area contributed by atoms with E-state index in [-0.39, 0.29) is 0 Å². The molecule has 0 saturated heterocycles. The normalized spacial score (nSPS) is 12.0. The van der Waals surface area contributed by atoms with Crippen molar-refractivity contribution in [1.82, 2.24) is 9.78 Å². The molecule has 1 atom stereocenters. The predicted octanol–water partition coefficient (Wildman–Crippen LogP) is 3.16. The first-order valence-corrected chi connectivity index (χ1v) is 7.73. The molecule has 1 heterocycles. The molecule has 2 aromatic carbocycles. The largest absolute Gasteiger partial charge is 0.378 e. The maximum absolute atomic E-state index is 12.4. The van der Waals surface area contributed by atoms with Gasteiger partial charge in [-0.25, -0.2) is 4.68 Å². The zero-order chi connectivity index (χ0) is 17.1. The second kappa shape index (κ2) is 6.68. The van der Waals surface area contributed by atoms with Gasteiger partial charge in [0.15, 0.2) is 6.10 Å². The number of benzene rings is 2. The number of hydrogen-bond acceptors (Lipinski definition) is 3. The molecule has 3 aromatic rings. The van der Waals surface area contributed by atoms with Gasteiger partial charge in [0.2, 0.25) is 0 Å². The summed E-state index contributed by atoms with van der Waals surface area (Å²) >= 11 is 0. The van der Waals surface area contributed by atoms with E-state index in [1.54, 1.807) is 35.0 Å². The average Bonchev–Trinajstić information content (AvgIpc) is 2.95. The van der Waals surface area contributed by atoms with Crippen LogP contribution in [0.4, 0.5) is 5.82 Å². The highest BCUT2D eigenvalue weighted by Gasteiger charge is 2.19. The van der Waals surface area contributed by atoms with Gasteiger partial charge < -0.3 is 10.4 Å². The Kier molecular flexibility index (Phi) is 4.44. The van der Waals surface area contributed by atoms with Gasteiger partial charge in [0, 0.05) is 6.07 Å². The monoisotopic (exact) mass is 321 g/mol. The van der Waals surface area contributed by atoms with E-state index in [2.05, 4.69) is 10.4 Å². The van der Waals surface area contributed by atoms with Crippen molar-refractivity contribution in [2.75, 3.05) is 5.32 Å². The SMILES string of the molecule is Cc1cc(NC(=O)C(O)c2ccccc2)n(-c2ccccc2C)n1. The molecule has 1 aromatic heterocycles. The number of carbonyl (C=O) groups excluding carboxylic acids is 1. The minimum absolute atomic E-state index is 0.490. The number of aryl methyl sites for hydroxylation is 2. The van der Waals surface area contributed by atoms with E-state index in [0.717, 1.165) is 16.9 Å². The lowest BCUT2D eigenvalue weighted by Crippen LogP contribution is -2.22. The first-order chi connectivity index (χ1) is 11.6. The molecule has 0 spiro atoms. The highest BCUT2D eigenvalue weighted by Crippen LogP contribution is 2.22. The summed E-state index contributed by atoms with van der Waals surface area (Å²) in [6, 6.07) is 18.4. The third-order valence-electron chi connectivity index (χ3n) is 3.79. The number of nitrogens with one attached hydrogen (secondary N) is 1. The molecule has 122 valence electrons. The summed E-state index contributed by atoms with van der Waals surface area (Å²) in [5.41, 5.74) is 3.26. The summed E-state index contributed by atoms with van der Waals surface area (Å²) in [5, 5.41) is 17.4. The van der Waals surface area contributed by atoms with Crippen LogP contribution in [0.15, 0.2) is 60.7 Å². The summed E-state index contributed by atoms with van der Waals surface area (Å²) in [5.74, 6) is 0.0396. The van der Waals surface area contributed by atoms with Gasteiger partial charge >= 0.3 is 0 Å². The summed E-state index contributed by atoms with van der Waals surface area (Å²) in [7, 11) is 0. The Morgan fingerprint density at radius 2 is 1.75 bits per heavy atom. The predicted molar refractivity (Wildman–Crippen MR) is 93.1 cm³/mol. The molecule has 0 saturated carbocycles. The fourth-order valence-corrected chi connectivity index (χ4v) is 2.55. The van der Waals surface area contributed by atoms with Gasteiger partial charge in [0.05, 0.1) is 11.4 Å².